The van der Waals surface area contributed by atoms with Gasteiger partial charge in [0.15, 0.2) is 5.82 Å². The number of likely N-dealkylation sites (tertiary alicyclic amines) is 1. The molecule has 4 rings (SSSR count). The van der Waals surface area contributed by atoms with E-state index in [-0.39, 0.29) is 43.4 Å². The first kappa shape index (κ1) is 23.1. The smallest absolute Gasteiger partial charge is 0.253 e. The summed E-state index contributed by atoms with van der Waals surface area (Å²) in [6.45, 7) is 1.53. The van der Waals surface area contributed by atoms with Crippen molar-refractivity contribution >= 4 is 17.5 Å². The monoisotopic (exact) mass is 475 g/mol. The van der Waals surface area contributed by atoms with Gasteiger partial charge in [-0.3, -0.25) is 4.79 Å². The standard InChI is InChI=1S/C23H24ClF2N5O2/c24-18-15-17(5-6-19(18)25)22(32)30-12-7-23(26,8-13-30)16-27-10-14-33-21-4-1-3-20(29-21)31-11-2-9-28-31/h1-6,9,11,15,27H,7-8,10,12-14,16H2. The first-order chi connectivity index (χ1) is 15.9. The van der Waals surface area contributed by atoms with Crippen molar-refractivity contribution < 1.29 is 18.3 Å². The fourth-order valence-electron chi connectivity index (χ4n) is 3.66. The van der Waals surface area contributed by atoms with Crippen LogP contribution in [-0.4, -0.2) is 64.0 Å². The maximum Gasteiger partial charge on any atom is 0.253 e. The molecule has 7 nitrogen and oxygen atoms in total. The maximum atomic E-state index is 15.2. The largest absolute Gasteiger partial charge is 0.476 e. The van der Waals surface area contributed by atoms with Crippen molar-refractivity contribution in [1.82, 2.24) is 25.0 Å². The average molecular weight is 476 g/mol. The third kappa shape index (κ3) is 5.85. The molecule has 1 aliphatic rings. The highest BCUT2D eigenvalue weighted by Crippen LogP contribution is 2.27. The fraction of sp³-hybridized carbons (Fsp3) is 0.348. The van der Waals surface area contributed by atoms with Gasteiger partial charge in [0.05, 0.1) is 5.02 Å². The number of benzene rings is 1. The topological polar surface area (TPSA) is 72.3 Å². The molecule has 1 amide bonds. The summed E-state index contributed by atoms with van der Waals surface area (Å²) in [6.07, 6.45) is 3.90. The van der Waals surface area contributed by atoms with E-state index in [2.05, 4.69) is 15.4 Å². The number of carbonyl (C=O) groups is 1. The Morgan fingerprint density at radius 1 is 1.21 bits per heavy atom. The van der Waals surface area contributed by atoms with Gasteiger partial charge in [-0.1, -0.05) is 17.7 Å². The fourth-order valence-corrected chi connectivity index (χ4v) is 3.84. The van der Waals surface area contributed by atoms with E-state index >= 15 is 4.39 Å². The number of piperidine rings is 1. The minimum Gasteiger partial charge on any atom is -0.476 e. The van der Waals surface area contributed by atoms with Gasteiger partial charge in [-0.05, 0) is 30.3 Å². The van der Waals surface area contributed by atoms with E-state index in [1.54, 1.807) is 28.0 Å². The van der Waals surface area contributed by atoms with E-state index in [0.29, 0.717) is 30.4 Å². The summed E-state index contributed by atoms with van der Waals surface area (Å²) in [4.78, 5) is 18.5. The predicted molar refractivity (Wildman–Crippen MR) is 120 cm³/mol. The van der Waals surface area contributed by atoms with E-state index in [0.717, 1.165) is 6.07 Å². The molecule has 0 radical (unpaired) electrons. The molecule has 0 aliphatic carbocycles. The lowest BCUT2D eigenvalue weighted by Crippen LogP contribution is -2.49. The van der Waals surface area contributed by atoms with Crippen LogP contribution in [0.4, 0.5) is 8.78 Å². The summed E-state index contributed by atoms with van der Waals surface area (Å²) in [6, 6.07) is 11.1. The van der Waals surface area contributed by atoms with Crippen LogP contribution in [-0.2, 0) is 0 Å². The Bertz CT molecular complexity index is 1090. The number of amides is 1. The number of pyridine rings is 1. The van der Waals surface area contributed by atoms with E-state index in [1.165, 1.54) is 12.1 Å². The van der Waals surface area contributed by atoms with Crippen molar-refractivity contribution in [2.75, 3.05) is 32.8 Å². The highest BCUT2D eigenvalue weighted by molar-refractivity contribution is 6.31. The first-order valence-corrected chi connectivity index (χ1v) is 11.1. The van der Waals surface area contributed by atoms with E-state index < -0.39 is 11.5 Å². The molecule has 1 saturated heterocycles. The summed E-state index contributed by atoms with van der Waals surface area (Å²) >= 11 is 5.76. The first-order valence-electron chi connectivity index (χ1n) is 10.7. The van der Waals surface area contributed by atoms with Crippen molar-refractivity contribution in [1.29, 1.82) is 0 Å². The van der Waals surface area contributed by atoms with Crippen molar-refractivity contribution in [2.24, 2.45) is 0 Å². The zero-order valence-corrected chi connectivity index (χ0v) is 18.6. The van der Waals surface area contributed by atoms with Crippen LogP contribution in [0.5, 0.6) is 5.88 Å². The molecule has 0 saturated carbocycles. The Morgan fingerprint density at radius 2 is 2.03 bits per heavy atom. The van der Waals surface area contributed by atoms with Crippen LogP contribution in [0.1, 0.15) is 23.2 Å². The third-order valence-electron chi connectivity index (χ3n) is 5.53. The summed E-state index contributed by atoms with van der Waals surface area (Å²) in [5, 5.41) is 7.12. The Labute approximate surface area is 195 Å². The van der Waals surface area contributed by atoms with Crippen molar-refractivity contribution in [3.8, 4) is 11.7 Å². The molecule has 174 valence electrons. The van der Waals surface area contributed by atoms with Crippen LogP contribution in [0.2, 0.25) is 5.02 Å². The Morgan fingerprint density at radius 3 is 2.76 bits per heavy atom. The number of nitrogens with zero attached hydrogens (tertiary/aromatic N) is 4. The summed E-state index contributed by atoms with van der Waals surface area (Å²) in [5.74, 6) is 0.265. The molecule has 1 fully saturated rings. The van der Waals surface area contributed by atoms with Crippen LogP contribution < -0.4 is 10.1 Å². The molecule has 1 N–H and O–H groups in total. The van der Waals surface area contributed by atoms with Gasteiger partial charge in [0, 0.05) is 63.0 Å². The molecule has 1 aromatic carbocycles. The van der Waals surface area contributed by atoms with Gasteiger partial charge in [-0.25, -0.2) is 13.5 Å². The maximum absolute atomic E-state index is 15.2. The second-order valence-corrected chi connectivity index (χ2v) is 8.29. The highest BCUT2D eigenvalue weighted by Gasteiger charge is 2.35. The molecular weight excluding hydrogens is 452 g/mol. The lowest BCUT2D eigenvalue weighted by Gasteiger charge is -2.36. The van der Waals surface area contributed by atoms with Crippen LogP contribution >= 0.6 is 11.6 Å². The Hall–Kier alpha value is -3.04. The average Bonchev–Trinajstić information content (AvgIpc) is 3.36. The number of halogens is 3. The van der Waals surface area contributed by atoms with Crippen LogP contribution in [0.15, 0.2) is 54.9 Å². The molecule has 3 aromatic rings. The van der Waals surface area contributed by atoms with E-state index in [4.69, 9.17) is 16.3 Å². The number of alkyl halides is 1. The zero-order valence-electron chi connectivity index (χ0n) is 17.9. The van der Waals surface area contributed by atoms with Crippen molar-refractivity contribution in [2.45, 2.75) is 18.5 Å². The zero-order chi connectivity index (χ0) is 23.3. The number of carbonyl (C=O) groups excluding carboxylic acids is 1. The molecule has 0 atom stereocenters. The molecule has 1 aliphatic heterocycles. The molecule has 33 heavy (non-hydrogen) atoms. The minimum atomic E-state index is -1.41. The molecule has 0 bridgehead atoms. The van der Waals surface area contributed by atoms with Gasteiger partial charge >= 0.3 is 0 Å². The lowest BCUT2D eigenvalue weighted by atomic mass is 9.93. The van der Waals surface area contributed by atoms with E-state index in [9.17, 15) is 9.18 Å². The number of nitrogens with one attached hydrogen (secondary N) is 1. The Balaban J connectivity index is 1.19. The van der Waals surface area contributed by atoms with Gasteiger partial charge in [0.2, 0.25) is 5.88 Å². The molecule has 3 heterocycles. The molecular formula is C23H24ClF2N5O2. The third-order valence-corrected chi connectivity index (χ3v) is 5.82. The highest BCUT2D eigenvalue weighted by atomic mass is 35.5. The van der Waals surface area contributed by atoms with Crippen LogP contribution in [0.3, 0.4) is 0 Å². The summed E-state index contributed by atoms with van der Waals surface area (Å²) < 4.78 is 35.8. The minimum absolute atomic E-state index is 0.104. The molecule has 10 heteroatoms. The lowest BCUT2D eigenvalue weighted by molar-refractivity contribution is 0.0433. The van der Waals surface area contributed by atoms with Gasteiger partial charge in [-0.15, -0.1) is 0 Å². The quantitative estimate of drug-likeness (QED) is 0.503. The number of rotatable bonds is 8. The molecule has 0 unspecified atom stereocenters. The van der Waals surface area contributed by atoms with Gasteiger partial charge in [0.25, 0.3) is 5.91 Å². The summed E-state index contributed by atoms with van der Waals surface area (Å²) in [5.41, 5.74) is -1.11. The van der Waals surface area contributed by atoms with Crippen LogP contribution in [0, 0.1) is 5.82 Å². The normalized spacial score (nSPS) is 15.4. The van der Waals surface area contributed by atoms with E-state index in [1.807, 2.05) is 18.2 Å². The Kier molecular flexibility index (Phi) is 7.20. The van der Waals surface area contributed by atoms with Gasteiger partial charge in [0.1, 0.15) is 18.1 Å². The van der Waals surface area contributed by atoms with Gasteiger partial charge < -0.3 is 15.0 Å². The second kappa shape index (κ2) is 10.3. The number of aromatic nitrogens is 3. The number of hydrogen-bond acceptors (Lipinski definition) is 5. The van der Waals surface area contributed by atoms with Crippen molar-refractivity contribution in [3.05, 3.63) is 71.3 Å². The predicted octanol–water partition coefficient (Wildman–Crippen LogP) is 3.67. The van der Waals surface area contributed by atoms with Crippen molar-refractivity contribution in [3.63, 3.8) is 0 Å². The second-order valence-electron chi connectivity index (χ2n) is 7.88. The molecule has 2 aromatic heterocycles. The molecule has 0 spiro atoms. The summed E-state index contributed by atoms with van der Waals surface area (Å²) in [7, 11) is 0. The number of hydrogen-bond donors (Lipinski definition) is 1. The van der Waals surface area contributed by atoms with Gasteiger partial charge in [-0.2, -0.15) is 10.1 Å². The SMILES string of the molecule is O=C(c1ccc(F)c(Cl)c1)N1CCC(F)(CNCCOc2cccc(-n3cccn3)n2)CC1. The number of ether oxygens (including phenoxy) is 1. The van der Waals surface area contributed by atoms with Crippen LogP contribution in [0.25, 0.3) is 5.82 Å².